The zero-order valence-corrected chi connectivity index (χ0v) is 13.9. The Morgan fingerprint density at radius 1 is 1.39 bits per heavy atom. The predicted octanol–water partition coefficient (Wildman–Crippen LogP) is 2.08. The number of rotatable bonds is 3. The van der Waals surface area contributed by atoms with Crippen molar-refractivity contribution in [2.24, 2.45) is 11.5 Å². The molecule has 2 atom stereocenters. The first kappa shape index (κ1) is 20.0. The number of aromatic nitrogens is 1. The van der Waals surface area contributed by atoms with Crippen molar-refractivity contribution in [3.8, 4) is 5.75 Å². The molecule has 5 nitrogen and oxygen atoms in total. The molecule has 132 valence electrons. The Kier molecular flexibility index (Phi) is 5.90. The molecule has 23 heavy (non-hydrogen) atoms. The molecular formula is C14H21ClF3N3O2. The van der Waals surface area contributed by atoms with Gasteiger partial charge in [0.05, 0.1) is 12.3 Å². The van der Waals surface area contributed by atoms with Crippen molar-refractivity contribution in [3.63, 3.8) is 0 Å². The third-order valence-corrected chi connectivity index (χ3v) is 4.01. The maximum absolute atomic E-state index is 13.1. The average molecular weight is 356 g/mol. The van der Waals surface area contributed by atoms with Crippen LogP contribution in [-0.4, -0.2) is 36.0 Å². The fourth-order valence-corrected chi connectivity index (χ4v) is 2.39. The molecule has 0 radical (unpaired) electrons. The van der Waals surface area contributed by atoms with E-state index in [4.69, 9.17) is 27.8 Å². The largest absolute Gasteiger partial charge is 0.489 e. The molecule has 1 aliphatic rings. The molecule has 5 N–H and O–H groups in total. The molecule has 9 heteroatoms. The molecule has 2 unspecified atom stereocenters. The monoisotopic (exact) mass is 355 g/mol. The highest BCUT2D eigenvalue weighted by atomic mass is 35.5. The summed E-state index contributed by atoms with van der Waals surface area (Å²) in [5.41, 5.74) is 6.52. The molecule has 0 amide bonds. The highest BCUT2D eigenvalue weighted by Gasteiger charge is 2.56. The molecular weight excluding hydrogens is 335 g/mol. The first-order chi connectivity index (χ1) is 10.6. The highest BCUT2D eigenvalue weighted by Crippen LogP contribution is 2.45. The van der Waals surface area contributed by atoms with Gasteiger partial charge in [0.2, 0.25) is 5.60 Å². The van der Waals surface area contributed by atoms with Crippen molar-refractivity contribution >= 4 is 11.6 Å². The minimum absolute atomic E-state index is 0.146. The van der Waals surface area contributed by atoms with Crippen LogP contribution in [-0.2, 0) is 11.0 Å². The molecule has 2 rings (SSSR count). The second-order valence-corrected chi connectivity index (χ2v) is 5.65. The smallest absolute Gasteiger partial charge is 0.424 e. The van der Waals surface area contributed by atoms with Crippen molar-refractivity contribution in [3.05, 3.63) is 22.5 Å². The Labute approximate surface area is 137 Å². The van der Waals surface area contributed by atoms with Gasteiger partial charge in [0.15, 0.2) is 10.9 Å². The van der Waals surface area contributed by atoms with Crippen LogP contribution in [0.1, 0.15) is 32.0 Å². The second kappa shape index (κ2) is 6.80. The van der Waals surface area contributed by atoms with Gasteiger partial charge in [0.1, 0.15) is 0 Å². The minimum atomic E-state index is -4.98. The summed E-state index contributed by atoms with van der Waals surface area (Å²) >= 11 is 5.88. The molecule has 1 aliphatic heterocycles. The van der Waals surface area contributed by atoms with E-state index in [1.165, 1.54) is 0 Å². The third-order valence-electron chi connectivity index (χ3n) is 3.76. The summed E-state index contributed by atoms with van der Waals surface area (Å²) < 4.78 is 44.6. The minimum Gasteiger partial charge on any atom is -0.489 e. The van der Waals surface area contributed by atoms with Crippen molar-refractivity contribution in [1.82, 2.24) is 4.98 Å². The summed E-state index contributed by atoms with van der Waals surface area (Å²) in [6, 6.07) is 1.11. The summed E-state index contributed by atoms with van der Waals surface area (Å²) in [5, 5.41) is 9.63. The quantitative estimate of drug-likeness (QED) is 0.722. The van der Waals surface area contributed by atoms with Gasteiger partial charge in [-0.3, -0.25) is 0 Å². The van der Waals surface area contributed by atoms with Gasteiger partial charge in [-0.25, -0.2) is 4.98 Å². The summed E-state index contributed by atoms with van der Waals surface area (Å²) in [4.78, 5) is 3.60. The van der Waals surface area contributed by atoms with E-state index in [-0.39, 0.29) is 24.1 Å². The third kappa shape index (κ3) is 3.26. The van der Waals surface area contributed by atoms with Crippen LogP contribution in [0.15, 0.2) is 6.07 Å². The first-order valence-electron chi connectivity index (χ1n) is 7.12. The average Bonchev–Trinajstić information content (AvgIpc) is 2.86. The van der Waals surface area contributed by atoms with Crippen LogP contribution in [0.25, 0.3) is 0 Å². The Balaban J connectivity index is 0.00000127. The number of fused-ring (bicyclic) bond motifs is 1. The lowest BCUT2D eigenvalue weighted by atomic mass is 9.83. The van der Waals surface area contributed by atoms with Gasteiger partial charge < -0.3 is 21.3 Å². The molecule has 0 bridgehead atoms. The number of nitrogens with zero attached hydrogens (tertiary/aromatic N) is 1. The normalized spacial score (nSPS) is 22.5. The highest BCUT2D eigenvalue weighted by molar-refractivity contribution is 6.31. The lowest BCUT2D eigenvalue weighted by Crippen LogP contribution is -2.49. The summed E-state index contributed by atoms with van der Waals surface area (Å²) in [6.07, 6.45) is -4.98. The van der Waals surface area contributed by atoms with E-state index in [1.807, 2.05) is 13.8 Å². The van der Waals surface area contributed by atoms with Crippen LogP contribution in [0, 0.1) is 0 Å². The van der Waals surface area contributed by atoms with E-state index >= 15 is 0 Å². The van der Waals surface area contributed by atoms with Gasteiger partial charge in [0, 0.05) is 24.1 Å². The number of hydrogen-bond donors (Lipinski definition) is 3. The van der Waals surface area contributed by atoms with Crippen molar-refractivity contribution in [1.29, 1.82) is 0 Å². The number of ether oxygens (including phenoxy) is 1. The Morgan fingerprint density at radius 3 is 2.39 bits per heavy atom. The summed E-state index contributed by atoms with van der Waals surface area (Å²) in [5.74, 6) is 0.190. The maximum atomic E-state index is 13.1. The molecule has 1 aromatic heterocycles. The lowest BCUT2D eigenvalue weighted by molar-refractivity contribution is -0.263. The molecule has 1 aromatic rings. The van der Waals surface area contributed by atoms with Crippen LogP contribution in [0.2, 0.25) is 5.15 Å². The van der Waals surface area contributed by atoms with Crippen LogP contribution in [0.3, 0.4) is 0 Å². The number of hydrogen-bond acceptors (Lipinski definition) is 5. The van der Waals surface area contributed by atoms with E-state index in [1.54, 1.807) is 6.92 Å². The number of aliphatic hydroxyl groups is 1. The van der Waals surface area contributed by atoms with Crippen LogP contribution < -0.4 is 16.2 Å². The van der Waals surface area contributed by atoms with Gasteiger partial charge in [-0.15, -0.1) is 0 Å². The van der Waals surface area contributed by atoms with Crippen LogP contribution in [0.4, 0.5) is 13.2 Å². The second-order valence-electron chi connectivity index (χ2n) is 5.29. The molecule has 0 saturated carbocycles. The van der Waals surface area contributed by atoms with Crippen molar-refractivity contribution in [2.75, 3.05) is 19.7 Å². The van der Waals surface area contributed by atoms with Crippen LogP contribution in [0.5, 0.6) is 5.75 Å². The Hall–Kier alpha value is -1.09. The van der Waals surface area contributed by atoms with Crippen molar-refractivity contribution < 1.29 is 23.0 Å². The van der Waals surface area contributed by atoms with E-state index in [2.05, 4.69) is 4.98 Å². The number of nitrogens with two attached hydrogens (primary N) is 2. The summed E-state index contributed by atoms with van der Waals surface area (Å²) in [7, 11) is 0. The zero-order valence-electron chi connectivity index (χ0n) is 13.2. The predicted molar refractivity (Wildman–Crippen MR) is 81.5 cm³/mol. The molecule has 0 fully saturated rings. The van der Waals surface area contributed by atoms with E-state index in [9.17, 15) is 18.3 Å². The summed E-state index contributed by atoms with van der Waals surface area (Å²) in [6.45, 7) is 4.98. The zero-order chi connectivity index (χ0) is 18.1. The Bertz CT molecular complexity index is 571. The van der Waals surface area contributed by atoms with E-state index in [0.29, 0.717) is 5.56 Å². The molecule has 0 aromatic carbocycles. The van der Waals surface area contributed by atoms with E-state index in [0.717, 1.165) is 6.07 Å². The topological polar surface area (TPSA) is 94.4 Å². The first-order valence-corrected chi connectivity index (χ1v) is 7.50. The number of alkyl halides is 3. The maximum Gasteiger partial charge on any atom is 0.424 e. The lowest BCUT2D eigenvalue weighted by Gasteiger charge is -2.29. The van der Waals surface area contributed by atoms with Gasteiger partial charge in [-0.1, -0.05) is 32.4 Å². The fourth-order valence-electron chi connectivity index (χ4n) is 2.14. The standard InChI is InChI=1S/C12H15ClF3N3O2.C2H6/c1-10(3-17)5-21-8-6(10)2-7(19-9(8)13)11(20,4-18)12(14,15)16;1-2/h2,20H,3-5,17-18H2,1H3;1-2H3. The van der Waals surface area contributed by atoms with Gasteiger partial charge >= 0.3 is 6.18 Å². The van der Waals surface area contributed by atoms with Gasteiger partial charge in [-0.05, 0) is 6.07 Å². The number of pyridine rings is 1. The van der Waals surface area contributed by atoms with Crippen LogP contribution >= 0.6 is 11.6 Å². The molecule has 0 aliphatic carbocycles. The molecule has 0 saturated heterocycles. The van der Waals surface area contributed by atoms with E-state index < -0.39 is 29.4 Å². The SMILES string of the molecule is CC.CC1(CN)COc2c1cc(C(O)(CN)C(F)(F)F)nc2Cl. The van der Waals surface area contributed by atoms with Crippen molar-refractivity contribution in [2.45, 2.75) is 38.0 Å². The Morgan fingerprint density at radius 2 is 1.96 bits per heavy atom. The van der Waals surface area contributed by atoms with Gasteiger partial charge in [0.25, 0.3) is 0 Å². The molecule has 0 spiro atoms. The number of halogens is 4. The fraction of sp³-hybridized carbons (Fsp3) is 0.643. The molecule has 2 heterocycles. The van der Waals surface area contributed by atoms with Gasteiger partial charge in [-0.2, -0.15) is 13.2 Å².